The van der Waals surface area contributed by atoms with E-state index < -0.39 is 0 Å². The molecule has 2 fully saturated rings. The maximum atomic E-state index is 13.8. The third kappa shape index (κ3) is 6.82. The Hall–Kier alpha value is -3.00. The summed E-state index contributed by atoms with van der Waals surface area (Å²) in [5, 5.41) is 0.740. The number of halogens is 1. The van der Waals surface area contributed by atoms with Gasteiger partial charge in [-0.2, -0.15) is 0 Å². The molecule has 3 heterocycles. The van der Waals surface area contributed by atoms with Gasteiger partial charge in [-0.1, -0.05) is 48.0 Å². The Labute approximate surface area is 243 Å². The van der Waals surface area contributed by atoms with Gasteiger partial charge in [0.1, 0.15) is 0 Å². The van der Waals surface area contributed by atoms with Crippen molar-refractivity contribution in [2.45, 2.75) is 38.6 Å². The standard InChI is InChI=1S/C32H41ClN6O/c1-24-7-4-5-8-25(24)12-15-29-28(31(40)38-21-19-37(20-22-38)18-17-36(2)3)23-34-32(35-29)39-16-6-9-30(39)26-10-13-27(33)14-11-26/h4-5,7-8,10-11,13-14,23,30H,6,9,12,15-22H2,1-3H3/t30-/m0/s1. The van der Waals surface area contributed by atoms with E-state index in [-0.39, 0.29) is 11.9 Å². The van der Waals surface area contributed by atoms with E-state index in [9.17, 15) is 4.79 Å². The number of piperazine rings is 1. The second-order valence-electron chi connectivity index (χ2n) is 11.3. The molecule has 1 atom stereocenters. The summed E-state index contributed by atoms with van der Waals surface area (Å²) in [6.07, 6.45) is 5.44. The van der Waals surface area contributed by atoms with Crippen molar-refractivity contribution < 1.29 is 4.79 Å². The van der Waals surface area contributed by atoms with Crippen LogP contribution in [0.3, 0.4) is 0 Å². The number of aromatic nitrogens is 2. The first-order chi connectivity index (χ1) is 19.4. The van der Waals surface area contributed by atoms with Crippen LogP contribution in [-0.4, -0.2) is 90.5 Å². The molecule has 1 amide bonds. The molecule has 0 saturated carbocycles. The van der Waals surface area contributed by atoms with Crippen molar-refractivity contribution in [3.63, 3.8) is 0 Å². The van der Waals surface area contributed by atoms with E-state index in [1.54, 1.807) is 6.20 Å². The SMILES string of the molecule is Cc1ccccc1CCc1nc(N2CCC[C@H]2c2ccc(Cl)cc2)ncc1C(=O)N1CCN(CCN(C)C)CC1. The van der Waals surface area contributed by atoms with Crippen LogP contribution in [0.5, 0.6) is 0 Å². The number of nitrogens with zero attached hydrogens (tertiary/aromatic N) is 6. The molecule has 212 valence electrons. The predicted octanol–water partition coefficient (Wildman–Crippen LogP) is 4.88. The maximum absolute atomic E-state index is 13.8. The summed E-state index contributed by atoms with van der Waals surface area (Å²) in [6, 6.07) is 16.8. The van der Waals surface area contributed by atoms with Crippen LogP contribution in [0.25, 0.3) is 0 Å². The number of hydrogen-bond donors (Lipinski definition) is 0. The van der Waals surface area contributed by atoms with Crippen molar-refractivity contribution in [2.24, 2.45) is 0 Å². The Morgan fingerprint density at radius 2 is 1.75 bits per heavy atom. The molecule has 2 aliphatic rings. The molecule has 0 aliphatic carbocycles. The number of rotatable bonds is 9. The predicted molar refractivity (Wildman–Crippen MR) is 162 cm³/mol. The molecular weight excluding hydrogens is 520 g/mol. The average molecular weight is 561 g/mol. The molecule has 1 aromatic heterocycles. The van der Waals surface area contributed by atoms with Crippen LogP contribution in [-0.2, 0) is 12.8 Å². The summed E-state index contributed by atoms with van der Waals surface area (Å²) in [5.41, 5.74) is 5.26. The van der Waals surface area contributed by atoms with Crippen LogP contribution in [0.1, 0.15) is 51.6 Å². The van der Waals surface area contributed by atoms with Crippen LogP contribution < -0.4 is 4.90 Å². The summed E-state index contributed by atoms with van der Waals surface area (Å²) in [4.78, 5) is 32.6. The Bertz CT molecular complexity index is 1290. The zero-order valence-electron chi connectivity index (χ0n) is 24.0. The molecule has 0 spiro atoms. The van der Waals surface area contributed by atoms with Gasteiger partial charge in [-0.05, 0) is 75.5 Å². The monoisotopic (exact) mass is 560 g/mol. The molecule has 0 N–H and O–H groups in total. The molecule has 2 saturated heterocycles. The maximum Gasteiger partial charge on any atom is 0.257 e. The normalized spacial score (nSPS) is 18.1. The molecule has 0 bridgehead atoms. The van der Waals surface area contributed by atoms with Crippen LogP contribution in [0, 0.1) is 6.92 Å². The van der Waals surface area contributed by atoms with Gasteiger partial charge in [0.05, 0.1) is 17.3 Å². The molecule has 40 heavy (non-hydrogen) atoms. The summed E-state index contributed by atoms with van der Waals surface area (Å²) >= 11 is 6.16. The summed E-state index contributed by atoms with van der Waals surface area (Å²) < 4.78 is 0. The van der Waals surface area contributed by atoms with Crippen molar-refractivity contribution in [1.82, 2.24) is 24.7 Å². The molecule has 0 radical (unpaired) electrons. The number of anilines is 1. The number of carbonyl (C=O) groups excluding carboxylic acids is 1. The minimum absolute atomic E-state index is 0.0502. The van der Waals surface area contributed by atoms with E-state index in [0.717, 1.165) is 75.8 Å². The second-order valence-corrected chi connectivity index (χ2v) is 11.7. The summed E-state index contributed by atoms with van der Waals surface area (Å²) in [6.45, 7) is 8.35. The topological polar surface area (TPSA) is 55.8 Å². The highest BCUT2D eigenvalue weighted by molar-refractivity contribution is 6.30. The zero-order valence-corrected chi connectivity index (χ0v) is 24.8. The van der Waals surface area contributed by atoms with E-state index in [2.05, 4.69) is 72.1 Å². The third-order valence-corrected chi connectivity index (χ3v) is 8.52. The fraction of sp³-hybridized carbons (Fsp3) is 0.469. The minimum Gasteiger partial charge on any atom is -0.336 e. The number of amides is 1. The first-order valence-electron chi connectivity index (χ1n) is 14.5. The second kappa shape index (κ2) is 13.1. The first-order valence-corrected chi connectivity index (χ1v) is 14.9. The minimum atomic E-state index is 0.0502. The van der Waals surface area contributed by atoms with Gasteiger partial charge in [-0.3, -0.25) is 9.69 Å². The van der Waals surface area contributed by atoms with E-state index in [1.165, 1.54) is 16.7 Å². The summed E-state index contributed by atoms with van der Waals surface area (Å²) in [7, 11) is 4.20. The quantitative estimate of drug-likeness (QED) is 0.372. The van der Waals surface area contributed by atoms with Gasteiger partial charge in [-0.15, -0.1) is 0 Å². The van der Waals surface area contributed by atoms with Gasteiger partial charge in [0, 0.05) is 57.0 Å². The van der Waals surface area contributed by atoms with Crippen LogP contribution in [0.2, 0.25) is 5.02 Å². The fourth-order valence-corrected chi connectivity index (χ4v) is 5.91. The fourth-order valence-electron chi connectivity index (χ4n) is 5.78. The Morgan fingerprint density at radius 3 is 2.48 bits per heavy atom. The smallest absolute Gasteiger partial charge is 0.257 e. The first kappa shape index (κ1) is 28.5. The molecular formula is C32H41ClN6O. The lowest BCUT2D eigenvalue weighted by atomic mass is 10.0. The lowest BCUT2D eigenvalue weighted by molar-refractivity contribution is 0.0627. The highest BCUT2D eigenvalue weighted by Gasteiger charge is 2.30. The zero-order chi connectivity index (χ0) is 28.1. The molecule has 7 nitrogen and oxygen atoms in total. The number of hydrogen-bond acceptors (Lipinski definition) is 6. The van der Waals surface area contributed by atoms with Crippen molar-refractivity contribution in [1.29, 1.82) is 0 Å². The third-order valence-electron chi connectivity index (χ3n) is 8.27. The van der Waals surface area contributed by atoms with Gasteiger partial charge in [0.15, 0.2) is 0 Å². The number of benzene rings is 2. The molecule has 8 heteroatoms. The number of likely N-dealkylation sites (N-methyl/N-ethyl adjacent to an activating group) is 1. The van der Waals surface area contributed by atoms with Gasteiger partial charge in [0.25, 0.3) is 5.91 Å². The van der Waals surface area contributed by atoms with Crippen molar-refractivity contribution >= 4 is 23.5 Å². The Balaban J connectivity index is 1.38. The van der Waals surface area contributed by atoms with Gasteiger partial charge >= 0.3 is 0 Å². The van der Waals surface area contributed by atoms with Crippen molar-refractivity contribution in [3.8, 4) is 0 Å². The van der Waals surface area contributed by atoms with E-state index >= 15 is 0 Å². The van der Waals surface area contributed by atoms with E-state index in [4.69, 9.17) is 21.6 Å². The van der Waals surface area contributed by atoms with Gasteiger partial charge in [-0.25, -0.2) is 9.97 Å². The molecule has 2 aliphatic heterocycles. The molecule has 3 aromatic rings. The molecule has 5 rings (SSSR count). The van der Waals surface area contributed by atoms with Crippen LogP contribution in [0.15, 0.2) is 54.7 Å². The van der Waals surface area contributed by atoms with Crippen molar-refractivity contribution in [2.75, 3.05) is 64.8 Å². The lowest BCUT2D eigenvalue weighted by Gasteiger charge is -2.35. The van der Waals surface area contributed by atoms with Gasteiger partial charge in [0.2, 0.25) is 5.95 Å². The highest BCUT2D eigenvalue weighted by atomic mass is 35.5. The highest BCUT2D eigenvalue weighted by Crippen LogP contribution is 2.35. The van der Waals surface area contributed by atoms with Crippen molar-refractivity contribution in [3.05, 3.63) is 87.7 Å². The van der Waals surface area contributed by atoms with E-state index in [1.807, 2.05) is 17.0 Å². The average Bonchev–Trinajstić information content (AvgIpc) is 3.46. The Kier molecular flexibility index (Phi) is 9.35. The summed E-state index contributed by atoms with van der Waals surface area (Å²) in [5.74, 6) is 0.761. The lowest BCUT2D eigenvalue weighted by Crippen LogP contribution is -2.50. The largest absolute Gasteiger partial charge is 0.336 e. The van der Waals surface area contributed by atoms with Crippen LogP contribution >= 0.6 is 11.6 Å². The molecule has 0 unspecified atom stereocenters. The Morgan fingerprint density at radius 1 is 1.00 bits per heavy atom. The van der Waals surface area contributed by atoms with Gasteiger partial charge < -0.3 is 14.7 Å². The molecule has 2 aromatic carbocycles. The number of carbonyl (C=O) groups is 1. The van der Waals surface area contributed by atoms with Crippen LogP contribution in [0.4, 0.5) is 5.95 Å². The number of aryl methyl sites for hydroxylation is 3. The van der Waals surface area contributed by atoms with E-state index in [0.29, 0.717) is 17.9 Å².